The average Bonchev–Trinajstić information content (AvgIpc) is 2.94. The molecule has 2 aromatic carbocycles. The highest BCUT2D eigenvalue weighted by Gasteiger charge is 2.53. The van der Waals surface area contributed by atoms with Crippen LogP contribution in [0.3, 0.4) is 0 Å². The van der Waals surface area contributed by atoms with Crippen LogP contribution in [0.25, 0.3) is 0 Å². The van der Waals surface area contributed by atoms with Crippen LogP contribution >= 0.6 is 11.6 Å². The Morgan fingerprint density at radius 2 is 1.87 bits per heavy atom. The number of amides is 4. The van der Waals surface area contributed by atoms with Gasteiger partial charge in [0.05, 0.1) is 18.7 Å². The van der Waals surface area contributed by atoms with E-state index >= 15 is 0 Å². The first-order valence-electron chi connectivity index (χ1n) is 9.42. The Kier molecular flexibility index (Phi) is 5.19. The lowest BCUT2D eigenvalue weighted by molar-refractivity contribution is -0.133. The molecule has 4 rings (SSSR count). The number of nitrogens with zero attached hydrogens (tertiary/aromatic N) is 2. The fraction of sp³-hybridized carbons (Fsp3) is 0.286. The third-order valence-electron chi connectivity index (χ3n) is 5.44. The highest BCUT2D eigenvalue weighted by molar-refractivity contribution is 6.30. The summed E-state index contributed by atoms with van der Waals surface area (Å²) in [6, 6.07) is 8.87. The number of carbonyl (C=O) groups excluding carboxylic acids is 3. The van der Waals surface area contributed by atoms with Gasteiger partial charge in [-0.1, -0.05) is 23.7 Å². The standard InChI is InChI=1S/C21H18ClF2N3O3/c22-14-4-2-13(3-5-14)11-27-19(29)21(25-20(27)30)8-1-9-26(12-21)18(28)16-10-15(23)6-7-17(16)24/h2-7,10H,1,8-9,11-12H2,(H,25,30)/t21-/m1/s1. The summed E-state index contributed by atoms with van der Waals surface area (Å²) >= 11 is 5.87. The Morgan fingerprint density at radius 1 is 1.13 bits per heavy atom. The quantitative estimate of drug-likeness (QED) is 0.755. The van der Waals surface area contributed by atoms with Gasteiger partial charge in [0, 0.05) is 11.6 Å². The summed E-state index contributed by atoms with van der Waals surface area (Å²) in [5, 5.41) is 3.25. The highest BCUT2D eigenvalue weighted by atomic mass is 35.5. The van der Waals surface area contributed by atoms with E-state index in [1.165, 1.54) is 4.90 Å². The number of imide groups is 1. The van der Waals surface area contributed by atoms with Crippen LogP contribution in [0.15, 0.2) is 42.5 Å². The summed E-state index contributed by atoms with van der Waals surface area (Å²) < 4.78 is 27.5. The SMILES string of the molecule is O=C(c1cc(F)ccc1F)N1CCC[C@]2(C1)NC(=O)N(Cc1ccc(Cl)cc1)C2=O. The molecule has 2 aliphatic rings. The fourth-order valence-corrected chi connectivity index (χ4v) is 4.06. The van der Waals surface area contributed by atoms with E-state index in [2.05, 4.69) is 5.32 Å². The van der Waals surface area contributed by atoms with Gasteiger partial charge < -0.3 is 10.2 Å². The van der Waals surface area contributed by atoms with Crippen molar-refractivity contribution in [1.29, 1.82) is 0 Å². The summed E-state index contributed by atoms with van der Waals surface area (Å²) in [7, 11) is 0. The Balaban J connectivity index is 1.54. The number of likely N-dealkylation sites (tertiary alicyclic amines) is 1. The third-order valence-corrected chi connectivity index (χ3v) is 5.69. The summed E-state index contributed by atoms with van der Waals surface area (Å²) in [6.45, 7) is 0.233. The number of piperidine rings is 1. The molecule has 0 bridgehead atoms. The minimum atomic E-state index is -1.28. The molecule has 9 heteroatoms. The summed E-state index contributed by atoms with van der Waals surface area (Å²) in [4.78, 5) is 40.8. The van der Waals surface area contributed by atoms with Crippen molar-refractivity contribution in [3.8, 4) is 0 Å². The topological polar surface area (TPSA) is 69.7 Å². The molecule has 0 unspecified atom stereocenters. The molecule has 0 aromatic heterocycles. The van der Waals surface area contributed by atoms with Crippen LogP contribution < -0.4 is 5.32 Å². The highest BCUT2D eigenvalue weighted by Crippen LogP contribution is 2.30. The molecule has 6 nitrogen and oxygen atoms in total. The van der Waals surface area contributed by atoms with Gasteiger partial charge in [0.1, 0.15) is 17.2 Å². The zero-order valence-electron chi connectivity index (χ0n) is 15.8. The van der Waals surface area contributed by atoms with Gasteiger partial charge in [-0.15, -0.1) is 0 Å². The second-order valence-corrected chi connectivity index (χ2v) is 7.92. The molecule has 0 saturated carbocycles. The van der Waals surface area contributed by atoms with Crippen LogP contribution in [-0.4, -0.2) is 46.3 Å². The second kappa shape index (κ2) is 7.68. The van der Waals surface area contributed by atoms with Crippen LogP contribution in [0.5, 0.6) is 0 Å². The van der Waals surface area contributed by atoms with Crippen molar-refractivity contribution in [2.24, 2.45) is 0 Å². The van der Waals surface area contributed by atoms with Gasteiger partial charge >= 0.3 is 6.03 Å². The number of halogens is 3. The maximum Gasteiger partial charge on any atom is 0.325 e. The first kappa shape index (κ1) is 20.3. The number of hydrogen-bond donors (Lipinski definition) is 1. The van der Waals surface area contributed by atoms with E-state index in [9.17, 15) is 23.2 Å². The summed E-state index contributed by atoms with van der Waals surface area (Å²) in [5.41, 5.74) is -0.950. The average molecular weight is 434 g/mol. The Morgan fingerprint density at radius 3 is 2.60 bits per heavy atom. The largest absolute Gasteiger partial charge is 0.336 e. The van der Waals surface area contributed by atoms with Crippen LogP contribution in [0.4, 0.5) is 13.6 Å². The van der Waals surface area contributed by atoms with Crippen molar-refractivity contribution >= 4 is 29.4 Å². The molecule has 2 saturated heterocycles. The van der Waals surface area contributed by atoms with E-state index in [1.807, 2.05) is 0 Å². The van der Waals surface area contributed by atoms with Crippen LogP contribution in [0, 0.1) is 11.6 Å². The molecule has 1 atom stereocenters. The lowest BCUT2D eigenvalue weighted by atomic mass is 9.88. The van der Waals surface area contributed by atoms with Crippen molar-refractivity contribution in [2.45, 2.75) is 24.9 Å². The van der Waals surface area contributed by atoms with E-state index in [0.717, 1.165) is 28.7 Å². The maximum absolute atomic E-state index is 14.0. The Hall–Kier alpha value is -3.00. The lowest BCUT2D eigenvalue weighted by Gasteiger charge is -2.38. The third kappa shape index (κ3) is 3.63. The van der Waals surface area contributed by atoms with Gasteiger partial charge in [-0.3, -0.25) is 14.5 Å². The Labute approximate surface area is 176 Å². The maximum atomic E-state index is 14.0. The smallest absolute Gasteiger partial charge is 0.325 e. The van der Waals surface area contributed by atoms with Crippen LogP contribution in [0.1, 0.15) is 28.8 Å². The molecular formula is C21H18ClF2N3O3. The molecule has 2 aromatic rings. The van der Waals surface area contributed by atoms with Crippen LogP contribution in [0.2, 0.25) is 5.02 Å². The number of rotatable bonds is 3. The van der Waals surface area contributed by atoms with Gasteiger partial charge in [0.25, 0.3) is 11.8 Å². The zero-order valence-corrected chi connectivity index (χ0v) is 16.6. The molecule has 0 aliphatic carbocycles. The first-order chi connectivity index (χ1) is 14.3. The first-order valence-corrected chi connectivity index (χ1v) is 9.80. The van der Waals surface area contributed by atoms with Crippen LogP contribution in [-0.2, 0) is 11.3 Å². The predicted octanol–water partition coefficient (Wildman–Crippen LogP) is 3.35. The van der Waals surface area contributed by atoms with Crippen molar-refractivity contribution in [3.63, 3.8) is 0 Å². The lowest BCUT2D eigenvalue weighted by Crippen LogP contribution is -2.59. The molecule has 0 radical (unpaired) electrons. The molecule has 2 fully saturated rings. The van der Waals surface area contributed by atoms with E-state index in [1.54, 1.807) is 24.3 Å². The van der Waals surface area contributed by atoms with E-state index in [4.69, 9.17) is 11.6 Å². The van der Waals surface area contributed by atoms with Gasteiger partial charge in [0.15, 0.2) is 0 Å². The molecule has 4 amide bonds. The van der Waals surface area contributed by atoms with Gasteiger partial charge in [-0.2, -0.15) is 0 Å². The molecular weight excluding hydrogens is 416 g/mol. The zero-order chi connectivity index (χ0) is 21.5. The number of urea groups is 1. The monoisotopic (exact) mass is 433 g/mol. The van der Waals surface area contributed by atoms with Gasteiger partial charge in [0.2, 0.25) is 0 Å². The predicted molar refractivity (Wildman–Crippen MR) is 105 cm³/mol. The molecule has 1 N–H and O–H groups in total. The molecule has 30 heavy (non-hydrogen) atoms. The van der Waals surface area contributed by atoms with Crippen molar-refractivity contribution < 1.29 is 23.2 Å². The summed E-state index contributed by atoms with van der Waals surface area (Å²) in [6.07, 6.45) is 0.785. The Bertz CT molecular complexity index is 1030. The van der Waals surface area contributed by atoms with E-state index < -0.39 is 40.6 Å². The number of hydrogen-bond acceptors (Lipinski definition) is 3. The van der Waals surface area contributed by atoms with Crippen molar-refractivity contribution in [2.75, 3.05) is 13.1 Å². The number of carbonyl (C=O) groups is 3. The minimum absolute atomic E-state index is 0.0655. The molecule has 1 spiro atoms. The molecule has 2 heterocycles. The molecule has 2 aliphatic heterocycles. The number of benzene rings is 2. The minimum Gasteiger partial charge on any atom is -0.336 e. The second-order valence-electron chi connectivity index (χ2n) is 7.48. The van der Waals surface area contributed by atoms with Crippen molar-refractivity contribution in [3.05, 3.63) is 70.2 Å². The van der Waals surface area contributed by atoms with Gasteiger partial charge in [-0.25, -0.2) is 13.6 Å². The summed E-state index contributed by atoms with van der Waals surface area (Å²) in [5.74, 6) is -2.73. The van der Waals surface area contributed by atoms with Crippen molar-refractivity contribution in [1.82, 2.24) is 15.1 Å². The van der Waals surface area contributed by atoms with E-state index in [-0.39, 0.29) is 19.6 Å². The normalized spacial score (nSPS) is 21.3. The fourth-order valence-electron chi connectivity index (χ4n) is 3.93. The molecule has 156 valence electrons. The van der Waals surface area contributed by atoms with Gasteiger partial charge in [-0.05, 0) is 48.7 Å². The number of nitrogens with one attached hydrogen (secondary N) is 1. The van der Waals surface area contributed by atoms with E-state index in [0.29, 0.717) is 17.9 Å².